The highest BCUT2D eigenvalue weighted by Crippen LogP contribution is 2.44. The topological polar surface area (TPSA) is 176 Å². The Morgan fingerprint density at radius 1 is 0.843 bits per heavy atom. The fraction of sp³-hybridized carbons (Fsp3) is 0.417. The van der Waals surface area contributed by atoms with Crippen LogP contribution in [0.5, 0.6) is 0 Å². The zero-order chi connectivity index (χ0) is 37.5. The summed E-state index contributed by atoms with van der Waals surface area (Å²) in [4.78, 5) is 82.4. The number of nitrogens with zero attached hydrogens (tertiary/aromatic N) is 4. The van der Waals surface area contributed by atoms with Crippen molar-refractivity contribution in [2.75, 3.05) is 38.3 Å². The van der Waals surface area contributed by atoms with Gasteiger partial charge in [-0.15, -0.1) is 0 Å². The van der Waals surface area contributed by atoms with Crippen molar-refractivity contribution in [2.24, 2.45) is 0 Å². The molecule has 2 aromatic carbocycles. The van der Waals surface area contributed by atoms with E-state index in [0.717, 1.165) is 45.0 Å². The minimum Gasteiger partial charge on any atom is -0.468 e. The fourth-order valence-electron chi connectivity index (χ4n) is 5.24. The normalized spacial score (nSPS) is 12.2. The highest BCUT2D eigenvalue weighted by atomic mass is 16.6. The van der Waals surface area contributed by atoms with Gasteiger partial charge >= 0.3 is 29.9 Å². The van der Waals surface area contributed by atoms with E-state index in [9.17, 15) is 28.8 Å². The summed E-state index contributed by atoms with van der Waals surface area (Å²) >= 11 is 0. The summed E-state index contributed by atoms with van der Waals surface area (Å²) in [6.45, 7) is 8.47. The molecular weight excluding hydrogens is 662 g/mol. The number of hydrogen-bond donors (Lipinski definition) is 1. The number of methoxy groups -OCH3 is 1. The fourth-order valence-corrected chi connectivity index (χ4v) is 5.24. The summed E-state index contributed by atoms with van der Waals surface area (Å²) in [6.07, 6.45) is -1.79. The zero-order valence-electron chi connectivity index (χ0n) is 29.8. The Morgan fingerprint density at radius 3 is 1.90 bits per heavy atom. The summed E-state index contributed by atoms with van der Waals surface area (Å²) in [7, 11) is 1.16. The summed E-state index contributed by atoms with van der Waals surface area (Å²) < 4.78 is 21.8. The third-order valence-electron chi connectivity index (χ3n) is 7.44. The minimum absolute atomic E-state index is 0.0772. The molecule has 0 saturated heterocycles. The average molecular weight is 706 g/mol. The standard InChI is InChI=1S/C36H43N5O10/c1-35(2,3)50-33(46)41(34(47)51-36(4,5)6)28-16-18-40(31(44)38-28)20-29(42)39(21-30(43)48-7)19-17-37-32(45)49-22-27-25-14-10-8-12-23(25)24-13-9-11-15-26(24)27/h8-16,18,27H,17,19-22H2,1-7H3,(H,37,45). The second-order valence-corrected chi connectivity index (χ2v) is 13.6. The first kappa shape index (κ1) is 38.1. The predicted octanol–water partition coefficient (Wildman–Crippen LogP) is 4.46. The first-order valence-electron chi connectivity index (χ1n) is 16.2. The van der Waals surface area contributed by atoms with Crippen LogP contribution in [0.4, 0.5) is 20.2 Å². The number of rotatable bonds is 10. The van der Waals surface area contributed by atoms with Gasteiger partial charge in [-0.05, 0) is 69.9 Å². The molecule has 1 aliphatic rings. The third-order valence-corrected chi connectivity index (χ3v) is 7.44. The number of fused-ring (bicyclic) bond motifs is 3. The molecule has 1 aliphatic carbocycles. The number of amides is 4. The van der Waals surface area contributed by atoms with E-state index < -0.39 is 60.1 Å². The molecule has 0 aliphatic heterocycles. The lowest BCUT2D eigenvalue weighted by Crippen LogP contribution is -2.46. The van der Waals surface area contributed by atoms with Crippen LogP contribution in [0.2, 0.25) is 0 Å². The first-order valence-corrected chi connectivity index (χ1v) is 16.2. The van der Waals surface area contributed by atoms with E-state index in [1.165, 1.54) is 6.07 Å². The van der Waals surface area contributed by atoms with Gasteiger partial charge in [-0.2, -0.15) is 9.88 Å². The van der Waals surface area contributed by atoms with E-state index in [1.807, 2.05) is 48.5 Å². The van der Waals surface area contributed by atoms with E-state index in [0.29, 0.717) is 4.90 Å². The van der Waals surface area contributed by atoms with Crippen LogP contribution < -0.4 is 15.9 Å². The van der Waals surface area contributed by atoms with Crippen molar-refractivity contribution in [3.05, 3.63) is 82.4 Å². The lowest BCUT2D eigenvalue weighted by Gasteiger charge is -2.28. The highest BCUT2D eigenvalue weighted by Gasteiger charge is 2.34. The van der Waals surface area contributed by atoms with E-state index in [4.69, 9.17) is 18.9 Å². The van der Waals surface area contributed by atoms with Crippen molar-refractivity contribution in [2.45, 2.75) is 65.2 Å². The van der Waals surface area contributed by atoms with Crippen molar-refractivity contribution in [1.29, 1.82) is 0 Å². The maximum Gasteiger partial charge on any atom is 0.425 e. The van der Waals surface area contributed by atoms with E-state index in [2.05, 4.69) is 10.3 Å². The van der Waals surface area contributed by atoms with Gasteiger partial charge in [-0.3, -0.25) is 14.2 Å². The quantitative estimate of drug-likeness (QED) is 0.233. The minimum atomic E-state index is -1.12. The SMILES string of the molecule is COC(=O)CN(CCNC(=O)OCC1c2ccccc2-c2ccccc21)C(=O)Cn1ccc(N(C(=O)OC(C)(C)C)C(=O)OC(C)(C)C)nc1=O. The number of imide groups is 1. The number of anilines is 1. The number of esters is 1. The number of carbonyl (C=O) groups is 5. The lowest BCUT2D eigenvalue weighted by molar-refractivity contribution is -0.147. The van der Waals surface area contributed by atoms with Crippen molar-refractivity contribution in [3.63, 3.8) is 0 Å². The molecule has 1 N–H and O–H groups in total. The van der Waals surface area contributed by atoms with Gasteiger partial charge in [0.15, 0.2) is 5.82 Å². The second-order valence-electron chi connectivity index (χ2n) is 13.6. The first-order chi connectivity index (χ1) is 24.0. The van der Waals surface area contributed by atoms with Gasteiger partial charge in [-0.1, -0.05) is 48.5 Å². The molecule has 0 radical (unpaired) electrons. The average Bonchev–Trinajstić information content (AvgIpc) is 3.36. The number of alkyl carbamates (subject to hydrolysis) is 1. The van der Waals surface area contributed by atoms with Gasteiger partial charge < -0.3 is 29.2 Å². The van der Waals surface area contributed by atoms with Gasteiger partial charge in [0.1, 0.15) is 30.9 Å². The molecule has 0 fully saturated rings. The number of aromatic nitrogens is 2. The molecule has 1 heterocycles. The van der Waals surface area contributed by atoms with Crippen molar-refractivity contribution in [1.82, 2.24) is 19.8 Å². The van der Waals surface area contributed by atoms with Crippen LogP contribution in [0.3, 0.4) is 0 Å². The van der Waals surface area contributed by atoms with E-state index >= 15 is 0 Å². The molecule has 3 aromatic rings. The molecule has 51 heavy (non-hydrogen) atoms. The number of nitrogens with one attached hydrogen (secondary N) is 1. The molecule has 0 spiro atoms. The van der Waals surface area contributed by atoms with Crippen LogP contribution in [0, 0.1) is 0 Å². The molecule has 1 aromatic heterocycles. The van der Waals surface area contributed by atoms with Crippen LogP contribution in [-0.4, -0.2) is 89.2 Å². The Hall–Kier alpha value is -5.73. The van der Waals surface area contributed by atoms with Crippen LogP contribution in [0.25, 0.3) is 11.1 Å². The van der Waals surface area contributed by atoms with Crippen LogP contribution in [-0.2, 0) is 35.1 Å². The number of carbonyl (C=O) groups excluding carboxylic acids is 5. The molecule has 4 amide bonds. The summed E-state index contributed by atoms with van der Waals surface area (Å²) in [5.74, 6) is -1.93. The maximum atomic E-state index is 13.3. The van der Waals surface area contributed by atoms with Crippen LogP contribution >= 0.6 is 0 Å². The molecule has 4 rings (SSSR count). The Labute approximate surface area is 295 Å². The Bertz CT molecular complexity index is 1770. The molecular formula is C36H43N5O10. The van der Waals surface area contributed by atoms with Gasteiger partial charge in [0.05, 0.1) is 7.11 Å². The van der Waals surface area contributed by atoms with Crippen molar-refractivity contribution in [3.8, 4) is 11.1 Å². The molecule has 272 valence electrons. The van der Waals surface area contributed by atoms with Crippen LogP contribution in [0.1, 0.15) is 58.6 Å². The smallest absolute Gasteiger partial charge is 0.425 e. The van der Waals surface area contributed by atoms with Crippen molar-refractivity contribution >= 4 is 36.0 Å². The van der Waals surface area contributed by atoms with Gasteiger partial charge in [-0.25, -0.2) is 19.2 Å². The van der Waals surface area contributed by atoms with Crippen molar-refractivity contribution < 1.29 is 42.9 Å². The zero-order valence-corrected chi connectivity index (χ0v) is 29.8. The van der Waals surface area contributed by atoms with Gasteiger partial charge in [0.2, 0.25) is 5.91 Å². The van der Waals surface area contributed by atoms with E-state index in [-0.39, 0.29) is 31.4 Å². The molecule has 15 heteroatoms. The Kier molecular flexibility index (Phi) is 11.8. The third kappa shape index (κ3) is 10.2. The second kappa shape index (κ2) is 15.9. The van der Waals surface area contributed by atoms with E-state index in [1.54, 1.807) is 41.5 Å². The van der Waals surface area contributed by atoms with Gasteiger partial charge in [0, 0.05) is 25.2 Å². The Balaban J connectivity index is 1.40. The maximum absolute atomic E-state index is 13.3. The van der Waals surface area contributed by atoms with Crippen LogP contribution in [0.15, 0.2) is 65.6 Å². The number of benzene rings is 2. The summed E-state index contributed by atoms with van der Waals surface area (Å²) in [5.41, 5.74) is 1.35. The monoisotopic (exact) mass is 705 g/mol. The van der Waals surface area contributed by atoms with Gasteiger partial charge in [0.25, 0.3) is 0 Å². The number of ether oxygens (including phenoxy) is 4. The predicted molar refractivity (Wildman–Crippen MR) is 185 cm³/mol. The Morgan fingerprint density at radius 2 is 1.39 bits per heavy atom. The lowest BCUT2D eigenvalue weighted by atomic mass is 9.98. The molecule has 0 atom stereocenters. The molecule has 0 unspecified atom stereocenters. The largest absolute Gasteiger partial charge is 0.468 e. The molecule has 15 nitrogen and oxygen atoms in total. The molecule has 0 saturated carbocycles. The summed E-state index contributed by atoms with van der Waals surface area (Å²) in [5, 5.41) is 2.60. The highest BCUT2D eigenvalue weighted by molar-refractivity contribution is 6.08. The number of hydrogen-bond acceptors (Lipinski definition) is 11. The molecule has 0 bridgehead atoms. The summed E-state index contributed by atoms with van der Waals surface area (Å²) in [6, 6.07) is 17.0.